The molecule has 3 rings (SSSR count). The minimum absolute atomic E-state index is 0.0438. The number of ether oxygens (including phenoxy) is 1. The van der Waals surface area contributed by atoms with Crippen LogP contribution in [0.1, 0.15) is 11.4 Å². The number of amides is 2. The molecule has 0 spiro atoms. The van der Waals surface area contributed by atoms with E-state index in [-0.39, 0.29) is 34.9 Å². The Morgan fingerprint density at radius 2 is 2.03 bits per heavy atom. The summed E-state index contributed by atoms with van der Waals surface area (Å²) in [4.78, 5) is 25.6. The Balaban J connectivity index is 1.88. The first-order chi connectivity index (χ1) is 13.8. The molecule has 0 atom stereocenters. The van der Waals surface area contributed by atoms with Crippen LogP contribution in [0.3, 0.4) is 0 Å². The van der Waals surface area contributed by atoms with Gasteiger partial charge in [0, 0.05) is 0 Å². The van der Waals surface area contributed by atoms with Gasteiger partial charge in [0.05, 0.1) is 37.4 Å². The molecule has 3 aromatic heterocycles. The van der Waals surface area contributed by atoms with Gasteiger partial charge in [0.1, 0.15) is 11.0 Å². The van der Waals surface area contributed by atoms with Gasteiger partial charge in [0.25, 0.3) is 0 Å². The Bertz CT molecular complexity index is 995. The van der Waals surface area contributed by atoms with E-state index in [2.05, 4.69) is 30.5 Å². The largest absolute Gasteiger partial charge is 0.467 e. The average molecular weight is 428 g/mol. The molecule has 0 aliphatic rings. The summed E-state index contributed by atoms with van der Waals surface area (Å²) in [7, 11) is 1.37. The van der Waals surface area contributed by atoms with Crippen molar-refractivity contribution >= 4 is 29.1 Å². The number of halogens is 4. The van der Waals surface area contributed by atoms with Gasteiger partial charge < -0.3 is 4.74 Å². The van der Waals surface area contributed by atoms with Crippen LogP contribution in [0.5, 0.6) is 6.01 Å². The van der Waals surface area contributed by atoms with E-state index < -0.39 is 17.9 Å². The van der Waals surface area contributed by atoms with Gasteiger partial charge in [-0.15, -0.1) is 0 Å². The molecule has 0 bridgehead atoms. The molecule has 13 heteroatoms. The van der Waals surface area contributed by atoms with E-state index in [4.69, 9.17) is 16.3 Å². The Hall–Kier alpha value is -3.41. The third kappa shape index (κ3) is 5.10. The molecule has 0 aliphatic heterocycles. The highest BCUT2D eigenvalue weighted by molar-refractivity contribution is 6.29. The molecule has 0 aliphatic carbocycles. The molecule has 0 saturated heterocycles. The fourth-order valence-electron chi connectivity index (χ4n) is 2.25. The number of nitrogens with zero attached hydrogens (tertiary/aromatic N) is 5. The second-order valence-electron chi connectivity index (χ2n) is 5.57. The van der Waals surface area contributed by atoms with Gasteiger partial charge in [-0.2, -0.15) is 18.3 Å². The number of aromatic nitrogens is 5. The number of alkyl halides is 3. The third-order valence-corrected chi connectivity index (χ3v) is 3.76. The first kappa shape index (κ1) is 20.3. The van der Waals surface area contributed by atoms with Crippen LogP contribution in [0.25, 0.3) is 0 Å². The zero-order valence-electron chi connectivity index (χ0n) is 14.7. The lowest BCUT2D eigenvalue weighted by molar-refractivity contribution is -0.141. The lowest BCUT2D eigenvalue weighted by Gasteiger charge is -2.21. The van der Waals surface area contributed by atoms with Crippen molar-refractivity contribution in [3.8, 4) is 6.01 Å². The van der Waals surface area contributed by atoms with Gasteiger partial charge in [-0.3, -0.25) is 15.3 Å². The maximum atomic E-state index is 12.8. The number of hydrogen-bond donors (Lipinski definition) is 2. The number of hydrogen-bond acceptors (Lipinski definition) is 6. The molecular formula is C16H13ClF3N7O2. The quantitative estimate of drug-likeness (QED) is 0.603. The number of rotatable bonds is 5. The number of urea groups is 1. The van der Waals surface area contributed by atoms with Crippen molar-refractivity contribution in [1.82, 2.24) is 25.1 Å². The van der Waals surface area contributed by atoms with Gasteiger partial charge in [-0.25, -0.2) is 19.7 Å². The standard InChI is InChI=1S/C16H13ClF3N7O2/c1-29-14-21-6-10(7-22-14)27(8-9-5-11(26-25-9)16(18,19)20)15(28)24-13-4-2-3-12(17)23-13/h2-7H,8H2,1H3,(H,25,26)(H,23,24,28). The van der Waals surface area contributed by atoms with Gasteiger partial charge in [0.2, 0.25) is 0 Å². The molecule has 0 unspecified atom stereocenters. The van der Waals surface area contributed by atoms with Crippen molar-refractivity contribution < 1.29 is 22.7 Å². The van der Waals surface area contributed by atoms with Crippen LogP contribution in [-0.4, -0.2) is 38.3 Å². The number of carbonyl (C=O) groups is 1. The maximum Gasteiger partial charge on any atom is 0.435 e. The Morgan fingerprint density at radius 1 is 1.31 bits per heavy atom. The molecular weight excluding hydrogens is 415 g/mol. The van der Waals surface area contributed by atoms with Crippen molar-refractivity contribution in [3.05, 3.63) is 53.2 Å². The molecule has 0 radical (unpaired) electrons. The fourth-order valence-corrected chi connectivity index (χ4v) is 2.41. The van der Waals surface area contributed by atoms with E-state index in [9.17, 15) is 18.0 Å². The number of methoxy groups -OCH3 is 1. The second-order valence-corrected chi connectivity index (χ2v) is 5.95. The molecule has 0 aromatic carbocycles. The maximum absolute atomic E-state index is 12.8. The van der Waals surface area contributed by atoms with Crippen molar-refractivity contribution in [1.29, 1.82) is 0 Å². The van der Waals surface area contributed by atoms with Gasteiger partial charge in [-0.1, -0.05) is 17.7 Å². The summed E-state index contributed by atoms with van der Waals surface area (Å²) >= 11 is 5.80. The van der Waals surface area contributed by atoms with Crippen LogP contribution in [0.15, 0.2) is 36.7 Å². The predicted octanol–water partition coefficient (Wildman–Crippen LogP) is 3.51. The third-order valence-electron chi connectivity index (χ3n) is 3.55. The minimum atomic E-state index is -4.62. The number of aromatic amines is 1. The molecule has 29 heavy (non-hydrogen) atoms. The summed E-state index contributed by atoms with van der Waals surface area (Å²) in [6.07, 6.45) is -2.04. The van der Waals surface area contributed by atoms with Crippen LogP contribution >= 0.6 is 11.6 Å². The predicted molar refractivity (Wildman–Crippen MR) is 96.6 cm³/mol. The van der Waals surface area contributed by atoms with Gasteiger partial charge in [-0.05, 0) is 18.2 Å². The normalized spacial score (nSPS) is 11.2. The average Bonchev–Trinajstić information content (AvgIpc) is 3.15. The number of carbonyl (C=O) groups excluding carboxylic acids is 1. The highest BCUT2D eigenvalue weighted by Gasteiger charge is 2.34. The van der Waals surface area contributed by atoms with E-state index in [0.717, 1.165) is 11.0 Å². The van der Waals surface area contributed by atoms with Crippen LogP contribution in [0, 0.1) is 0 Å². The SMILES string of the molecule is COc1ncc(N(Cc2cc(C(F)(F)F)n[nH]2)C(=O)Nc2cccc(Cl)n2)cn1. The van der Waals surface area contributed by atoms with E-state index in [1.165, 1.54) is 31.6 Å². The van der Waals surface area contributed by atoms with Crippen LogP contribution in [-0.2, 0) is 12.7 Å². The summed E-state index contributed by atoms with van der Waals surface area (Å²) in [5, 5.41) is 8.17. The summed E-state index contributed by atoms with van der Waals surface area (Å²) < 4.78 is 43.3. The van der Waals surface area contributed by atoms with Crippen molar-refractivity contribution in [2.45, 2.75) is 12.7 Å². The smallest absolute Gasteiger partial charge is 0.435 e. The van der Waals surface area contributed by atoms with E-state index in [0.29, 0.717) is 0 Å². The lowest BCUT2D eigenvalue weighted by Crippen LogP contribution is -2.35. The van der Waals surface area contributed by atoms with Crippen molar-refractivity contribution in [2.24, 2.45) is 0 Å². The van der Waals surface area contributed by atoms with Crippen molar-refractivity contribution in [3.63, 3.8) is 0 Å². The Labute approximate surface area is 166 Å². The second kappa shape index (κ2) is 8.31. The zero-order valence-corrected chi connectivity index (χ0v) is 15.5. The molecule has 2 amide bonds. The highest BCUT2D eigenvalue weighted by Crippen LogP contribution is 2.28. The van der Waals surface area contributed by atoms with Crippen LogP contribution in [0.2, 0.25) is 5.15 Å². The Morgan fingerprint density at radius 3 is 2.62 bits per heavy atom. The summed E-state index contributed by atoms with van der Waals surface area (Å²) in [5.74, 6) is 0.155. The molecule has 9 nitrogen and oxygen atoms in total. The van der Waals surface area contributed by atoms with Gasteiger partial charge >= 0.3 is 18.2 Å². The number of nitrogens with one attached hydrogen (secondary N) is 2. The van der Waals surface area contributed by atoms with E-state index >= 15 is 0 Å². The zero-order chi connectivity index (χ0) is 21.0. The highest BCUT2D eigenvalue weighted by atomic mass is 35.5. The van der Waals surface area contributed by atoms with E-state index in [1.54, 1.807) is 6.07 Å². The summed E-state index contributed by atoms with van der Waals surface area (Å²) in [6.45, 7) is -0.273. The first-order valence-electron chi connectivity index (χ1n) is 7.95. The number of pyridine rings is 1. The lowest BCUT2D eigenvalue weighted by atomic mass is 10.3. The van der Waals surface area contributed by atoms with Crippen LogP contribution < -0.4 is 15.0 Å². The summed E-state index contributed by atoms with van der Waals surface area (Å²) in [6, 6.07) is 4.78. The molecule has 2 N–H and O–H groups in total. The van der Waals surface area contributed by atoms with Crippen LogP contribution in [0.4, 0.5) is 29.5 Å². The minimum Gasteiger partial charge on any atom is -0.467 e. The fraction of sp³-hybridized carbons (Fsp3) is 0.188. The Kier molecular flexibility index (Phi) is 5.82. The molecule has 152 valence electrons. The van der Waals surface area contributed by atoms with E-state index in [1.807, 2.05) is 0 Å². The van der Waals surface area contributed by atoms with Gasteiger partial charge in [0.15, 0.2) is 5.69 Å². The molecule has 0 saturated carbocycles. The number of H-pyrrole nitrogens is 1. The molecule has 3 heterocycles. The number of anilines is 2. The molecule has 0 fully saturated rings. The van der Waals surface area contributed by atoms with Crippen molar-refractivity contribution in [2.75, 3.05) is 17.3 Å². The first-order valence-corrected chi connectivity index (χ1v) is 8.32. The molecule has 3 aromatic rings. The summed E-state index contributed by atoms with van der Waals surface area (Å²) in [5.41, 5.74) is -0.855. The topological polar surface area (TPSA) is 109 Å². The monoisotopic (exact) mass is 427 g/mol.